The fourth-order valence-electron chi connectivity index (χ4n) is 1.41. The highest BCUT2D eigenvalue weighted by Gasteiger charge is 2.16. The minimum Gasteiger partial charge on any atom is -0.374 e. The van der Waals surface area contributed by atoms with E-state index >= 15 is 0 Å². The van der Waals surface area contributed by atoms with Gasteiger partial charge in [0.25, 0.3) is 0 Å². The predicted octanol–water partition coefficient (Wildman–Crippen LogP) is 3.15. The number of imide groups is 1. The SMILES string of the molecule is C=Cc1nc(OC(=O)NC(=O)Oc2ncc(Cl)c(C=C)n2)ncc1Cl. The number of ether oxygens (including phenoxy) is 2. The number of hydrogen-bond donors (Lipinski definition) is 1. The van der Waals surface area contributed by atoms with Gasteiger partial charge in [0.05, 0.1) is 33.8 Å². The molecule has 0 spiro atoms. The van der Waals surface area contributed by atoms with E-state index in [-0.39, 0.29) is 33.5 Å². The van der Waals surface area contributed by atoms with Crippen molar-refractivity contribution in [3.05, 3.63) is 47.0 Å². The molecule has 0 bridgehead atoms. The van der Waals surface area contributed by atoms with E-state index in [9.17, 15) is 9.59 Å². The Kier molecular flexibility index (Phi) is 5.98. The van der Waals surface area contributed by atoms with Gasteiger partial charge in [-0.3, -0.25) is 0 Å². The Hall–Kier alpha value is -3.04. The van der Waals surface area contributed by atoms with E-state index in [1.54, 1.807) is 5.32 Å². The molecule has 2 rings (SSSR count). The van der Waals surface area contributed by atoms with Crippen LogP contribution in [0.2, 0.25) is 10.0 Å². The Balaban J connectivity index is 1.97. The van der Waals surface area contributed by atoms with Crippen LogP contribution in [-0.4, -0.2) is 32.1 Å². The summed E-state index contributed by atoms with van der Waals surface area (Å²) in [4.78, 5) is 38.2. The molecule has 2 heterocycles. The molecule has 25 heavy (non-hydrogen) atoms. The van der Waals surface area contributed by atoms with Gasteiger partial charge in [0.15, 0.2) is 0 Å². The van der Waals surface area contributed by atoms with Crippen molar-refractivity contribution in [3.8, 4) is 12.0 Å². The fourth-order valence-corrected chi connectivity index (χ4v) is 1.75. The van der Waals surface area contributed by atoms with Crippen LogP contribution in [-0.2, 0) is 0 Å². The third-order valence-corrected chi connectivity index (χ3v) is 3.04. The highest BCUT2D eigenvalue weighted by Crippen LogP contribution is 2.17. The van der Waals surface area contributed by atoms with Crippen molar-refractivity contribution in [2.24, 2.45) is 0 Å². The maximum Gasteiger partial charge on any atom is 0.424 e. The molecule has 2 aromatic rings. The zero-order chi connectivity index (χ0) is 18.4. The van der Waals surface area contributed by atoms with E-state index in [1.165, 1.54) is 24.5 Å². The Morgan fingerprint density at radius 2 is 1.32 bits per heavy atom. The molecule has 9 nitrogen and oxygen atoms in total. The second-order valence-electron chi connectivity index (χ2n) is 4.08. The van der Waals surface area contributed by atoms with Gasteiger partial charge in [-0.2, -0.15) is 9.97 Å². The van der Waals surface area contributed by atoms with Crippen LogP contribution >= 0.6 is 23.2 Å². The Labute approximate surface area is 151 Å². The number of rotatable bonds is 4. The van der Waals surface area contributed by atoms with E-state index in [0.29, 0.717) is 0 Å². The van der Waals surface area contributed by atoms with Gasteiger partial charge in [-0.05, 0) is 12.2 Å². The van der Waals surface area contributed by atoms with Gasteiger partial charge in [0, 0.05) is 0 Å². The maximum atomic E-state index is 11.6. The van der Waals surface area contributed by atoms with Crippen LogP contribution < -0.4 is 14.8 Å². The summed E-state index contributed by atoms with van der Waals surface area (Å²) in [6.07, 6.45) is 2.76. The quantitative estimate of drug-likeness (QED) is 0.857. The summed E-state index contributed by atoms with van der Waals surface area (Å²) in [5.41, 5.74) is 0.516. The number of carbonyl (C=O) groups is 2. The topological polar surface area (TPSA) is 116 Å². The number of nitrogens with zero attached hydrogens (tertiary/aromatic N) is 4. The van der Waals surface area contributed by atoms with E-state index in [2.05, 4.69) is 33.1 Å². The van der Waals surface area contributed by atoms with E-state index in [0.717, 1.165) is 0 Å². The molecule has 0 radical (unpaired) electrons. The molecular formula is C14H9Cl2N5O4. The van der Waals surface area contributed by atoms with E-state index in [1.807, 2.05) is 0 Å². The third kappa shape index (κ3) is 4.96. The standard InChI is InChI=1S/C14H9Cl2N5O4/c1-3-9-7(15)5-17-11(19-9)24-13(22)21-14(23)25-12-18-6-8(16)10(4-2)20-12/h3-6H,1-2H2,(H,21,22,23). The summed E-state index contributed by atoms with van der Waals surface area (Å²) >= 11 is 11.6. The average Bonchev–Trinajstić information content (AvgIpc) is 2.58. The van der Waals surface area contributed by atoms with Crippen LogP contribution in [0.3, 0.4) is 0 Å². The normalized spacial score (nSPS) is 9.84. The first kappa shape index (κ1) is 18.3. The van der Waals surface area contributed by atoms with Gasteiger partial charge in [-0.15, -0.1) is 0 Å². The largest absolute Gasteiger partial charge is 0.424 e. The van der Waals surface area contributed by atoms with Crippen molar-refractivity contribution in [2.45, 2.75) is 0 Å². The summed E-state index contributed by atoms with van der Waals surface area (Å²) in [6, 6.07) is -0.664. The third-order valence-electron chi connectivity index (χ3n) is 2.46. The number of aromatic nitrogens is 4. The van der Waals surface area contributed by atoms with Crippen LogP contribution in [0.4, 0.5) is 9.59 Å². The lowest BCUT2D eigenvalue weighted by atomic mass is 10.4. The molecular weight excluding hydrogens is 373 g/mol. The Morgan fingerprint density at radius 3 is 1.68 bits per heavy atom. The second-order valence-corrected chi connectivity index (χ2v) is 4.90. The zero-order valence-electron chi connectivity index (χ0n) is 12.4. The Morgan fingerprint density at radius 1 is 0.920 bits per heavy atom. The maximum absolute atomic E-state index is 11.6. The molecule has 0 atom stereocenters. The summed E-state index contributed by atoms with van der Waals surface area (Å²) in [6.45, 7) is 6.98. The first-order valence-corrected chi connectivity index (χ1v) is 7.19. The number of hydrogen-bond acceptors (Lipinski definition) is 8. The predicted molar refractivity (Wildman–Crippen MR) is 89.4 cm³/mol. The summed E-state index contributed by atoms with van der Waals surface area (Å²) < 4.78 is 9.45. The minimum atomic E-state index is -1.18. The lowest BCUT2D eigenvalue weighted by molar-refractivity contribution is 0.177. The van der Waals surface area contributed by atoms with Crippen molar-refractivity contribution < 1.29 is 19.1 Å². The van der Waals surface area contributed by atoms with Gasteiger partial charge in [0.2, 0.25) is 0 Å². The van der Waals surface area contributed by atoms with Gasteiger partial charge < -0.3 is 9.47 Å². The first-order valence-electron chi connectivity index (χ1n) is 6.43. The molecule has 0 unspecified atom stereocenters. The van der Waals surface area contributed by atoms with Gasteiger partial charge in [0.1, 0.15) is 0 Å². The summed E-state index contributed by atoms with van der Waals surface area (Å²) in [5, 5.41) is 2.23. The lowest BCUT2D eigenvalue weighted by Gasteiger charge is -2.06. The molecule has 1 N–H and O–H groups in total. The molecule has 128 valence electrons. The van der Waals surface area contributed by atoms with Crippen molar-refractivity contribution >= 4 is 47.5 Å². The number of carbonyl (C=O) groups excluding carboxylic acids is 2. The van der Waals surface area contributed by atoms with Crippen molar-refractivity contribution in [3.63, 3.8) is 0 Å². The monoisotopic (exact) mass is 381 g/mol. The van der Waals surface area contributed by atoms with Crippen molar-refractivity contribution in [1.82, 2.24) is 25.3 Å². The smallest absolute Gasteiger partial charge is 0.374 e. The van der Waals surface area contributed by atoms with E-state index < -0.39 is 12.2 Å². The van der Waals surface area contributed by atoms with Gasteiger partial charge in [-0.1, -0.05) is 36.4 Å². The molecule has 2 aromatic heterocycles. The van der Waals surface area contributed by atoms with Crippen molar-refractivity contribution in [2.75, 3.05) is 0 Å². The lowest BCUT2D eigenvalue weighted by Crippen LogP contribution is -2.35. The minimum absolute atomic E-state index is 0.222. The molecule has 0 fully saturated rings. The van der Waals surface area contributed by atoms with Crippen LogP contribution in [0, 0.1) is 0 Å². The number of halogens is 2. The molecule has 0 aromatic carbocycles. The molecule has 0 saturated heterocycles. The summed E-state index contributed by atoms with van der Waals surface area (Å²) in [7, 11) is 0. The molecule has 0 aliphatic heterocycles. The molecule has 0 aliphatic rings. The highest BCUT2D eigenvalue weighted by atomic mass is 35.5. The Bertz CT molecular complexity index is 790. The molecule has 0 aliphatic carbocycles. The van der Waals surface area contributed by atoms with E-state index in [4.69, 9.17) is 32.7 Å². The molecule has 2 amide bonds. The first-order chi connectivity index (χ1) is 11.9. The van der Waals surface area contributed by atoms with Crippen LogP contribution in [0.25, 0.3) is 12.2 Å². The van der Waals surface area contributed by atoms with Gasteiger partial charge >= 0.3 is 24.2 Å². The molecule has 0 saturated carbocycles. The highest BCUT2D eigenvalue weighted by molar-refractivity contribution is 6.32. The summed E-state index contributed by atoms with van der Waals surface area (Å²) in [5.74, 6) is 0. The number of amides is 2. The second kappa shape index (κ2) is 8.18. The number of nitrogens with one attached hydrogen (secondary N) is 1. The van der Waals surface area contributed by atoms with Crippen molar-refractivity contribution in [1.29, 1.82) is 0 Å². The molecule has 11 heteroatoms. The fraction of sp³-hybridized carbons (Fsp3) is 0. The van der Waals surface area contributed by atoms with Gasteiger partial charge in [-0.25, -0.2) is 24.9 Å². The zero-order valence-corrected chi connectivity index (χ0v) is 13.9. The average molecular weight is 382 g/mol. The van der Waals surface area contributed by atoms with Crippen LogP contribution in [0.5, 0.6) is 12.0 Å². The van der Waals surface area contributed by atoms with Crippen LogP contribution in [0.1, 0.15) is 11.4 Å². The van der Waals surface area contributed by atoms with Crippen LogP contribution in [0.15, 0.2) is 25.6 Å².